The molecule has 7 nitrogen and oxygen atoms in total. The van der Waals surface area contributed by atoms with Crippen molar-refractivity contribution >= 4 is 17.7 Å². The van der Waals surface area contributed by atoms with Gasteiger partial charge in [0.15, 0.2) is 0 Å². The predicted molar refractivity (Wildman–Crippen MR) is 77.1 cm³/mol. The summed E-state index contributed by atoms with van der Waals surface area (Å²) in [5, 5.41) is 2.68. The van der Waals surface area contributed by atoms with E-state index in [1.165, 1.54) is 0 Å². The topological polar surface area (TPSA) is 95.2 Å². The highest BCUT2D eigenvalue weighted by atomic mass is 16.2. The van der Waals surface area contributed by atoms with Crippen LogP contribution < -0.4 is 5.32 Å². The maximum absolute atomic E-state index is 12.1. The summed E-state index contributed by atoms with van der Waals surface area (Å²) in [6.07, 6.45) is 3.85. The second-order valence-corrected chi connectivity index (χ2v) is 4.92. The molecule has 0 unspecified atom stereocenters. The van der Waals surface area contributed by atoms with E-state index < -0.39 is 11.8 Å². The molecule has 2 aromatic rings. The van der Waals surface area contributed by atoms with Gasteiger partial charge in [-0.2, -0.15) is 0 Å². The zero-order chi connectivity index (χ0) is 15.5. The zero-order valence-electron chi connectivity index (χ0n) is 11.7. The number of carbonyl (C=O) groups excluding carboxylic acids is 3. The Hall–Kier alpha value is -2.96. The number of rotatable bonds is 5. The number of nitrogens with zero attached hydrogens (tertiary/aromatic N) is 2. The lowest BCUT2D eigenvalue weighted by molar-refractivity contribution is -0.121. The number of hydrogen-bond acceptors (Lipinski definition) is 4. The fourth-order valence-corrected chi connectivity index (χ4v) is 2.34. The van der Waals surface area contributed by atoms with Gasteiger partial charge in [0.2, 0.25) is 5.91 Å². The average Bonchev–Trinajstić information content (AvgIpc) is 3.11. The Kier molecular flexibility index (Phi) is 3.69. The minimum atomic E-state index is -0.427. The van der Waals surface area contributed by atoms with Crippen LogP contribution in [0, 0.1) is 0 Å². The Labute approximate surface area is 126 Å². The fraction of sp³-hybridized carbons (Fsp3) is 0.200. The normalized spacial score (nSPS) is 13.4. The third-order valence-corrected chi connectivity index (χ3v) is 3.45. The first-order valence-corrected chi connectivity index (χ1v) is 6.86. The third kappa shape index (κ3) is 2.60. The molecule has 0 saturated carbocycles. The van der Waals surface area contributed by atoms with Gasteiger partial charge in [-0.05, 0) is 12.1 Å². The summed E-state index contributed by atoms with van der Waals surface area (Å²) in [5.41, 5.74) is 1.59. The molecular formula is C15H14N4O3. The van der Waals surface area contributed by atoms with Gasteiger partial charge in [0.25, 0.3) is 11.8 Å². The molecule has 2 N–H and O–H groups in total. The maximum atomic E-state index is 12.1. The highest BCUT2D eigenvalue weighted by Crippen LogP contribution is 2.21. The molecule has 1 aliphatic heterocycles. The molecule has 0 fully saturated rings. The third-order valence-electron chi connectivity index (χ3n) is 3.45. The number of carbonyl (C=O) groups is 3. The van der Waals surface area contributed by atoms with Gasteiger partial charge in [0.1, 0.15) is 6.54 Å². The van der Waals surface area contributed by atoms with E-state index in [1.807, 2.05) is 0 Å². The van der Waals surface area contributed by atoms with Crippen molar-refractivity contribution in [1.29, 1.82) is 0 Å². The SMILES string of the molecule is O=C(CN1C(=O)c2ccccc2C1=O)NCCc1cnc[nH]1. The first-order valence-electron chi connectivity index (χ1n) is 6.86. The lowest BCUT2D eigenvalue weighted by Gasteiger charge is -2.13. The number of aromatic amines is 1. The molecule has 0 saturated heterocycles. The highest BCUT2D eigenvalue weighted by molar-refractivity contribution is 6.22. The molecule has 3 rings (SSSR count). The number of benzene rings is 1. The number of imide groups is 1. The van der Waals surface area contributed by atoms with Gasteiger partial charge in [-0.15, -0.1) is 0 Å². The monoisotopic (exact) mass is 298 g/mol. The average molecular weight is 298 g/mol. The van der Waals surface area contributed by atoms with Crippen molar-refractivity contribution in [2.45, 2.75) is 6.42 Å². The van der Waals surface area contributed by atoms with Crippen LogP contribution >= 0.6 is 0 Å². The van der Waals surface area contributed by atoms with E-state index in [2.05, 4.69) is 15.3 Å². The zero-order valence-corrected chi connectivity index (χ0v) is 11.7. The second-order valence-electron chi connectivity index (χ2n) is 4.92. The molecule has 3 amide bonds. The first-order chi connectivity index (χ1) is 10.7. The second kappa shape index (κ2) is 5.80. The summed E-state index contributed by atoms with van der Waals surface area (Å²) in [6.45, 7) is 0.138. The van der Waals surface area contributed by atoms with Crippen molar-refractivity contribution < 1.29 is 14.4 Å². The number of nitrogens with one attached hydrogen (secondary N) is 2. The largest absolute Gasteiger partial charge is 0.354 e. The van der Waals surface area contributed by atoms with Gasteiger partial charge in [-0.25, -0.2) is 4.98 Å². The van der Waals surface area contributed by atoms with Crippen LogP contribution in [0.4, 0.5) is 0 Å². The van der Waals surface area contributed by atoms with Gasteiger partial charge in [0.05, 0.1) is 17.5 Å². The highest BCUT2D eigenvalue weighted by Gasteiger charge is 2.36. The molecule has 0 aliphatic carbocycles. The summed E-state index contributed by atoms with van der Waals surface area (Å²) in [5.74, 6) is -1.22. The van der Waals surface area contributed by atoms with Crippen molar-refractivity contribution in [2.24, 2.45) is 0 Å². The van der Waals surface area contributed by atoms with E-state index in [9.17, 15) is 14.4 Å². The Morgan fingerprint density at radius 3 is 2.45 bits per heavy atom. The summed E-state index contributed by atoms with van der Waals surface area (Å²) in [4.78, 5) is 43.9. The van der Waals surface area contributed by atoms with Crippen LogP contribution in [0.25, 0.3) is 0 Å². The number of H-pyrrole nitrogens is 1. The van der Waals surface area contributed by atoms with E-state index >= 15 is 0 Å². The van der Waals surface area contributed by atoms with Crippen LogP contribution in [0.15, 0.2) is 36.8 Å². The molecule has 22 heavy (non-hydrogen) atoms. The standard InChI is InChI=1S/C15H14N4O3/c20-13(17-6-5-10-7-16-9-18-10)8-19-14(21)11-3-1-2-4-12(11)15(19)22/h1-4,7,9H,5-6,8H2,(H,16,18)(H,17,20). The Morgan fingerprint density at radius 1 is 1.18 bits per heavy atom. The molecule has 1 aromatic heterocycles. The molecule has 0 atom stereocenters. The summed E-state index contributed by atoms with van der Waals surface area (Å²) in [7, 11) is 0. The molecular weight excluding hydrogens is 284 g/mol. The lowest BCUT2D eigenvalue weighted by atomic mass is 10.1. The minimum absolute atomic E-state index is 0.269. The number of fused-ring (bicyclic) bond motifs is 1. The molecule has 0 bridgehead atoms. The van der Waals surface area contributed by atoms with Gasteiger partial charge in [-0.3, -0.25) is 19.3 Å². The molecule has 7 heteroatoms. The maximum Gasteiger partial charge on any atom is 0.262 e. The van der Waals surface area contributed by atoms with Crippen LogP contribution in [0.1, 0.15) is 26.4 Å². The molecule has 2 heterocycles. The van der Waals surface area contributed by atoms with Gasteiger partial charge < -0.3 is 10.3 Å². The van der Waals surface area contributed by atoms with Crippen molar-refractivity contribution in [3.05, 3.63) is 53.6 Å². The Bertz CT molecular complexity index is 689. The molecule has 1 aromatic carbocycles. The molecule has 112 valence electrons. The van der Waals surface area contributed by atoms with E-state index in [4.69, 9.17) is 0 Å². The smallest absolute Gasteiger partial charge is 0.262 e. The van der Waals surface area contributed by atoms with Crippen LogP contribution in [0.2, 0.25) is 0 Å². The van der Waals surface area contributed by atoms with Crippen molar-refractivity contribution in [2.75, 3.05) is 13.1 Å². The van der Waals surface area contributed by atoms with E-state index in [-0.39, 0.29) is 12.5 Å². The quantitative estimate of drug-likeness (QED) is 0.779. The number of aromatic nitrogens is 2. The van der Waals surface area contributed by atoms with Crippen LogP contribution in [0.3, 0.4) is 0 Å². The van der Waals surface area contributed by atoms with Crippen molar-refractivity contribution in [3.8, 4) is 0 Å². The first kappa shape index (κ1) is 14.0. The lowest BCUT2D eigenvalue weighted by Crippen LogP contribution is -2.40. The van der Waals surface area contributed by atoms with E-state index in [0.29, 0.717) is 24.1 Å². The minimum Gasteiger partial charge on any atom is -0.354 e. The fourth-order valence-electron chi connectivity index (χ4n) is 2.34. The van der Waals surface area contributed by atoms with Gasteiger partial charge in [-0.1, -0.05) is 12.1 Å². The van der Waals surface area contributed by atoms with Crippen molar-refractivity contribution in [1.82, 2.24) is 20.2 Å². The van der Waals surface area contributed by atoms with Crippen LogP contribution in [-0.2, 0) is 11.2 Å². The summed E-state index contributed by atoms with van der Waals surface area (Å²) in [6, 6.07) is 6.56. The number of imidazole rings is 1. The molecule has 1 aliphatic rings. The summed E-state index contributed by atoms with van der Waals surface area (Å²) < 4.78 is 0. The summed E-state index contributed by atoms with van der Waals surface area (Å²) >= 11 is 0. The van der Waals surface area contributed by atoms with E-state index in [0.717, 1.165) is 10.6 Å². The Balaban J connectivity index is 1.56. The van der Waals surface area contributed by atoms with Gasteiger partial charge >= 0.3 is 0 Å². The Morgan fingerprint density at radius 2 is 1.86 bits per heavy atom. The van der Waals surface area contributed by atoms with Gasteiger partial charge in [0, 0.05) is 24.9 Å². The van der Waals surface area contributed by atoms with Crippen LogP contribution in [-0.4, -0.2) is 45.7 Å². The number of amides is 3. The molecule has 0 radical (unpaired) electrons. The predicted octanol–water partition coefficient (Wildman–Crippen LogP) is 0.365. The van der Waals surface area contributed by atoms with Crippen molar-refractivity contribution in [3.63, 3.8) is 0 Å². The van der Waals surface area contributed by atoms with E-state index in [1.54, 1.807) is 36.8 Å². The molecule has 0 spiro atoms. The number of hydrogen-bond donors (Lipinski definition) is 2. The van der Waals surface area contributed by atoms with Crippen LogP contribution in [0.5, 0.6) is 0 Å².